The van der Waals surface area contributed by atoms with Gasteiger partial charge in [-0.05, 0) is 64.9 Å². The van der Waals surface area contributed by atoms with E-state index in [9.17, 15) is 9.90 Å². The number of carbonyl (C=O) groups excluding carboxylic acids is 1. The van der Waals surface area contributed by atoms with Gasteiger partial charge >= 0.3 is 5.97 Å². The van der Waals surface area contributed by atoms with Gasteiger partial charge in [-0.2, -0.15) is 0 Å². The maximum Gasteiger partial charge on any atom is 0.302 e. The Bertz CT molecular complexity index is 1340. The molecule has 0 spiro atoms. The highest BCUT2D eigenvalue weighted by Gasteiger charge is 2.31. The van der Waals surface area contributed by atoms with Crippen molar-refractivity contribution in [2.45, 2.75) is 26.2 Å². The SMILES string of the molecule is CC(=O)OCC1Cc2c(-c3cc(-c4ccccc4)ccn3)cccc2-c2c(O)ccc(C)c21. The molecule has 4 nitrogen and oxygen atoms in total. The van der Waals surface area contributed by atoms with Crippen LogP contribution in [0.1, 0.15) is 29.5 Å². The monoisotopic (exact) mass is 435 g/mol. The van der Waals surface area contributed by atoms with Crippen LogP contribution in [-0.2, 0) is 16.0 Å². The lowest BCUT2D eigenvalue weighted by Gasteiger charge is -2.31. The number of carbonyl (C=O) groups is 1. The number of nitrogens with zero attached hydrogens (tertiary/aromatic N) is 1. The minimum atomic E-state index is -0.300. The Morgan fingerprint density at radius 1 is 1.00 bits per heavy atom. The number of phenolic OH excluding ortho intramolecular Hbond substituents is 1. The van der Waals surface area contributed by atoms with Crippen molar-refractivity contribution in [2.75, 3.05) is 6.61 Å². The molecule has 1 aliphatic rings. The Morgan fingerprint density at radius 3 is 2.58 bits per heavy atom. The molecule has 5 rings (SSSR count). The fourth-order valence-electron chi connectivity index (χ4n) is 4.90. The van der Waals surface area contributed by atoms with E-state index in [4.69, 9.17) is 9.72 Å². The summed E-state index contributed by atoms with van der Waals surface area (Å²) in [6.07, 6.45) is 2.54. The molecule has 1 atom stereocenters. The standard InChI is InChI=1S/C29H25NO3/c1-18-11-12-27(32)29-24-10-6-9-23(25(24)15-22(28(18)29)17-33-19(2)31)26-16-21(13-14-30-26)20-7-4-3-5-8-20/h3-14,16,22,32H,15,17H2,1-2H3. The van der Waals surface area contributed by atoms with E-state index in [1.165, 1.54) is 6.92 Å². The lowest BCUT2D eigenvalue weighted by molar-refractivity contribution is -0.141. The van der Waals surface area contributed by atoms with Gasteiger partial charge in [0.25, 0.3) is 0 Å². The van der Waals surface area contributed by atoms with E-state index in [0.717, 1.165) is 50.2 Å². The fourth-order valence-corrected chi connectivity index (χ4v) is 4.90. The summed E-state index contributed by atoms with van der Waals surface area (Å²) in [7, 11) is 0. The Balaban J connectivity index is 1.67. The zero-order chi connectivity index (χ0) is 22.9. The second-order valence-corrected chi connectivity index (χ2v) is 8.52. The van der Waals surface area contributed by atoms with Gasteiger partial charge in [-0.1, -0.05) is 54.6 Å². The van der Waals surface area contributed by atoms with E-state index in [2.05, 4.69) is 30.3 Å². The van der Waals surface area contributed by atoms with E-state index in [-0.39, 0.29) is 24.2 Å². The zero-order valence-electron chi connectivity index (χ0n) is 18.7. The number of hydrogen-bond acceptors (Lipinski definition) is 4. The number of aromatic nitrogens is 1. The third-order valence-corrected chi connectivity index (χ3v) is 6.38. The second kappa shape index (κ2) is 8.55. The lowest BCUT2D eigenvalue weighted by Crippen LogP contribution is -2.20. The summed E-state index contributed by atoms with van der Waals surface area (Å²) in [5.41, 5.74) is 9.23. The molecule has 1 N–H and O–H groups in total. The highest BCUT2D eigenvalue weighted by atomic mass is 16.5. The molecular formula is C29H25NO3. The van der Waals surface area contributed by atoms with Crippen LogP contribution in [0.5, 0.6) is 5.75 Å². The molecule has 4 aromatic rings. The van der Waals surface area contributed by atoms with E-state index in [1.54, 1.807) is 6.07 Å². The number of benzene rings is 3. The van der Waals surface area contributed by atoms with Gasteiger partial charge in [0.1, 0.15) is 5.75 Å². The first-order chi connectivity index (χ1) is 16.0. The molecule has 1 heterocycles. The maximum absolute atomic E-state index is 11.6. The molecule has 0 radical (unpaired) electrons. The largest absolute Gasteiger partial charge is 0.507 e. The van der Waals surface area contributed by atoms with Gasteiger partial charge in [-0.25, -0.2) is 0 Å². The van der Waals surface area contributed by atoms with Crippen molar-refractivity contribution in [1.82, 2.24) is 4.98 Å². The third kappa shape index (κ3) is 3.89. The quantitative estimate of drug-likeness (QED) is 0.382. The fraction of sp³-hybridized carbons (Fsp3) is 0.172. The first kappa shape index (κ1) is 21.0. The van der Waals surface area contributed by atoms with Gasteiger partial charge in [0, 0.05) is 30.2 Å². The van der Waals surface area contributed by atoms with Crippen LogP contribution in [0.4, 0.5) is 0 Å². The van der Waals surface area contributed by atoms with Gasteiger partial charge in [-0.3, -0.25) is 9.78 Å². The summed E-state index contributed by atoms with van der Waals surface area (Å²) < 4.78 is 5.43. The van der Waals surface area contributed by atoms with Gasteiger partial charge in [0.15, 0.2) is 0 Å². The first-order valence-corrected chi connectivity index (χ1v) is 11.1. The minimum absolute atomic E-state index is 0.0399. The van der Waals surface area contributed by atoms with E-state index < -0.39 is 0 Å². The Kier molecular flexibility index (Phi) is 5.43. The molecule has 1 aliphatic carbocycles. The van der Waals surface area contributed by atoms with Crippen LogP contribution in [0.3, 0.4) is 0 Å². The number of aromatic hydroxyl groups is 1. The summed E-state index contributed by atoms with van der Waals surface area (Å²) in [6, 6.07) is 24.2. The van der Waals surface area contributed by atoms with Gasteiger partial charge in [0.05, 0.1) is 12.3 Å². The highest BCUT2D eigenvalue weighted by Crippen LogP contribution is 2.48. The smallest absolute Gasteiger partial charge is 0.302 e. The van der Waals surface area contributed by atoms with Crippen LogP contribution >= 0.6 is 0 Å². The lowest BCUT2D eigenvalue weighted by atomic mass is 9.75. The molecule has 33 heavy (non-hydrogen) atoms. The molecule has 0 saturated carbocycles. The van der Waals surface area contributed by atoms with Crippen molar-refractivity contribution in [3.05, 3.63) is 95.7 Å². The molecule has 3 aromatic carbocycles. The Labute approximate surface area is 193 Å². The number of hydrogen-bond donors (Lipinski definition) is 1. The molecule has 1 unspecified atom stereocenters. The topological polar surface area (TPSA) is 59.4 Å². The van der Waals surface area contributed by atoms with E-state index >= 15 is 0 Å². The van der Waals surface area contributed by atoms with Crippen LogP contribution < -0.4 is 0 Å². The predicted molar refractivity (Wildman–Crippen MR) is 130 cm³/mol. The number of ether oxygens (including phenoxy) is 1. The second-order valence-electron chi connectivity index (χ2n) is 8.52. The molecule has 0 amide bonds. The molecule has 1 aromatic heterocycles. The van der Waals surface area contributed by atoms with Crippen LogP contribution in [0.15, 0.2) is 79.0 Å². The molecule has 0 fully saturated rings. The van der Waals surface area contributed by atoms with Crippen LogP contribution in [0.25, 0.3) is 33.5 Å². The summed E-state index contributed by atoms with van der Waals surface area (Å²) >= 11 is 0. The molecule has 164 valence electrons. The number of esters is 1. The van der Waals surface area contributed by atoms with Crippen molar-refractivity contribution < 1.29 is 14.6 Å². The van der Waals surface area contributed by atoms with Gasteiger partial charge in [-0.15, -0.1) is 0 Å². The normalized spacial score (nSPS) is 14.3. The van der Waals surface area contributed by atoms with Crippen LogP contribution in [0.2, 0.25) is 0 Å². The average Bonchev–Trinajstić information content (AvgIpc) is 2.84. The number of fused-ring (bicyclic) bond motifs is 3. The van der Waals surface area contributed by atoms with E-state index in [1.807, 2.05) is 49.5 Å². The highest BCUT2D eigenvalue weighted by molar-refractivity contribution is 5.86. The van der Waals surface area contributed by atoms with Crippen LogP contribution in [0, 0.1) is 6.92 Å². The average molecular weight is 436 g/mol. The molecule has 0 aliphatic heterocycles. The maximum atomic E-state index is 11.6. The van der Waals surface area contributed by atoms with Crippen molar-refractivity contribution in [2.24, 2.45) is 0 Å². The third-order valence-electron chi connectivity index (χ3n) is 6.38. The van der Waals surface area contributed by atoms with Crippen LogP contribution in [-0.4, -0.2) is 22.7 Å². The number of aryl methyl sites for hydroxylation is 1. The summed E-state index contributed by atoms with van der Waals surface area (Å²) in [4.78, 5) is 16.3. The number of phenols is 1. The van der Waals surface area contributed by atoms with Crippen molar-refractivity contribution >= 4 is 5.97 Å². The van der Waals surface area contributed by atoms with Gasteiger partial charge in [0.2, 0.25) is 0 Å². The predicted octanol–water partition coefficient (Wildman–Crippen LogP) is 6.30. The molecular weight excluding hydrogens is 410 g/mol. The number of rotatable bonds is 4. The zero-order valence-corrected chi connectivity index (χ0v) is 18.7. The summed E-state index contributed by atoms with van der Waals surface area (Å²) in [5, 5.41) is 10.9. The Morgan fingerprint density at radius 2 is 1.79 bits per heavy atom. The molecule has 0 bridgehead atoms. The number of pyridine rings is 1. The summed E-state index contributed by atoms with van der Waals surface area (Å²) in [5.74, 6) is -0.0971. The molecule has 4 heteroatoms. The van der Waals surface area contributed by atoms with Crippen molar-refractivity contribution in [3.63, 3.8) is 0 Å². The van der Waals surface area contributed by atoms with Gasteiger partial charge < -0.3 is 9.84 Å². The minimum Gasteiger partial charge on any atom is -0.507 e. The first-order valence-electron chi connectivity index (χ1n) is 11.1. The molecule has 0 saturated heterocycles. The summed E-state index contributed by atoms with van der Waals surface area (Å²) in [6.45, 7) is 3.74. The van der Waals surface area contributed by atoms with Crippen molar-refractivity contribution in [3.8, 4) is 39.3 Å². The van der Waals surface area contributed by atoms with Crippen molar-refractivity contribution in [1.29, 1.82) is 0 Å². The van der Waals surface area contributed by atoms with E-state index in [0.29, 0.717) is 6.42 Å². The Hall–Kier alpha value is -3.92.